The molecule has 0 saturated heterocycles. The summed E-state index contributed by atoms with van der Waals surface area (Å²) in [5.74, 6) is -2.50. The highest BCUT2D eigenvalue weighted by atomic mass is 16.6. The molecule has 0 aromatic heterocycles. The van der Waals surface area contributed by atoms with Gasteiger partial charge in [-0.2, -0.15) is 0 Å². The minimum Gasteiger partial charge on any atom is -0.481 e. The van der Waals surface area contributed by atoms with Crippen molar-refractivity contribution in [1.29, 1.82) is 0 Å². The Bertz CT molecular complexity index is 267. The number of carbonyl (C=O) groups is 3. The van der Waals surface area contributed by atoms with E-state index in [1.165, 1.54) is 13.8 Å². The van der Waals surface area contributed by atoms with Crippen molar-refractivity contribution in [1.82, 2.24) is 0 Å². The largest absolute Gasteiger partial charge is 0.481 e. The van der Waals surface area contributed by atoms with Crippen LogP contribution in [0.2, 0.25) is 0 Å². The predicted molar refractivity (Wildman–Crippen MR) is 52.0 cm³/mol. The third kappa shape index (κ3) is 5.15. The number of carboxylic acids is 1. The molecule has 0 atom stereocenters. The molecule has 0 fully saturated rings. The van der Waals surface area contributed by atoms with Crippen LogP contribution >= 0.6 is 0 Å². The molecular weight excluding hydrogens is 200 g/mol. The van der Waals surface area contributed by atoms with Gasteiger partial charge in [0.1, 0.15) is 0 Å². The van der Waals surface area contributed by atoms with Crippen LogP contribution in [0, 0.1) is 5.41 Å². The Balaban J connectivity index is 4.30. The van der Waals surface area contributed by atoms with Crippen LogP contribution in [0.15, 0.2) is 0 Å². The lowest BCUT2D eigenvalue weighted by molar-refractivity contribution is -0.168. The molecule has 0 rings (SSSR count). The van der Waals surface area contributed by atoms with Crippen LogP contribution in [-0.2, 0) is 19.1 Å². The van der Waals surface area contributed by atoms with E-state index in [1.54, 1.807) is 6.92 Å². The van der Waals surface area contributed by atoms with Crippen LogP contribution in [0.1, 0.15) is 40.0 Å². The van der Waals surface area contributed by atoms with E-state index in [1.807, 2.05) is 0 Å². The van der Waals surface area contributed by atoms with Crippen molar-refractivity contribution in [3.63, 3.8) is 0 Å². The smallest absolute Gasteiger partial charge is 0.319 e. The molecule has 0 radical (unpaired) electrons. The first-order valence-electron chi connectivity index (χ1n) is 4.76. The van der Waals surface area contributed by atoms with Crippen molar-refractivity contribution in [2.75, 3.05) is 0 Å². The quantitative estimate of drug-likeness (QED) is 0.554. The number of carbonyl (C=O) groups excluding carboxylic acids is 2. The molecule has 5 nitrogen and oxygen atoms in total. The molecule has 0 aliphatic rings. The molecule has 0 amide bonds. The second-order valence-electron chi connectivity index (χ2n) is 3.97. The third-order valence-corrected chi connectivity index (χ3v) is 1.81. The van der Waals surface area contributed by atoms with E-state index in [4.69, 9.17) is 5.11 Å². The molecule has 0 aliphatic carbocycles. The van der Waals surface area contributed by atoms with E-state index in [-0.39, 0.29) is 12.8 Å². The molecular formula is C10H16O5. The maximum absolute atomic E-state index is 11.4. The van der Waals surface area contributed by atoms with E-state index in [2.05, 4.69) is 4.74 Å². The molecule has 5 heteroatoms. The number of hydrogen-bond donors (Lipinski definition) is 1. The van der Waals surface area contributed by atoms with Gasteiger partial charge in [-0.05, 0) is 20.3 Å². The average Bonchev–Trinajstić information content (AvgIpc) is 2.01. The van der Waals surface area contributed by atoms with Gasteiger partial charge in [-0.15, -0.1) is 0 Å². The SMILES string of the molecule is CCCC(=O)OC(=O)C(C)(C)CC(=O)O. The first kappa shape index (κ1) is 13.6. The lowest BCUT2D eigenvalue weighted by Gasteiger charge is -2.19. The first-order valence-corrected chi connectivity index (χ1v) is 4.76. The van der Waals surface area contributed by atoms with Crippen LogP contribution < -0.4 is 0 Å². The van der Waals surface area contributed by atoms with Gasteiger partial charge in [0.05, 0.1) is 11.8 Å². The lowest BCUT2D eigenvalue weighted by Crippen LogP contribution is -2.31. The maximum Gasteiger partial charge on any atom is 0.319 e. The molecule has 0 aromatic carbocycles. The number of esters is 2. The Morgan fingerprint density at radius 1 is 1.27 bits per heavy atom. The van der Waals surface area contributed by atoms with E-state index in [0.717, 1.165) is 0 Å². The molecule has 0 saturated carbocycles. The summed E-state index contributed by atoms with van der Waals surface area (Å²) in [6, 6.07) is 0. The predicted octanol–water partition coefficient (Wildman–Crippen LogP) is 1.36. The average molecular weight is 216 g/mol. The van der Waals surface area contributed by atoms with Gasteiger partial charge >= 0.3 is 17.9 Å². The fourth-order valence-electron chi connectivity index (χ4n) is 0.947. The van der Waals surface area contributed by atoms with Crippen molar-refractivity contribution in [2.45, 2.75) is 40.0 Å². The second kappa shape index (κ2) is 5.48. The van der Waals surface area contributed by atoms with Gasteiger partial charge in [0.2, 0.25) is 0 Å². The molecule has 0 heterocycles. The molecule has 86 valence electrons. The van der Waals surface area contributed by atoms with Gasteiger partial charge in [0.25, 0.3) is 0 Å². The molecule has 0 aromatic rings. The van der Waals surface area contributed by atoms with Gasteiger partial charge in [-0.1, -0.05) is 6.92 Å². The summed E-state index contributed by atoms with van der Waals surface area (Å²) in [5, 5.41) is 8.54. The Morgan fingerprint density at radius 2 is 1.80 bits per heavy atom. The standard InChI is InChI=1S/C10H16O5/c1-4-5-8(13)15-9(14)10(2,3)6-7(11)12/h4-6H2,1-3H3,(H,11,12). The summed E-state index contributed by atoms with van der Waals surface area (Å²) in [6.07, 6.45) is 0.394. The zero-order valence-electron chi connectivity index (χ0n) is 9.20. The van der Waals surface area contributed by atoms with Crippen LogP contribution in [0.4, 0.5) is 0 Å². The Labute approximate surface area is 88.4 Å². The number of rotatable bonds is 5. The van der Waals surface area contributed by atoms with E-state index < -0.39 is 23.3 Å². The first-order chi connectivity index (χ1) is 6.79. The molecule has 15 heavy (non-hydrogen) atoms. The van der Waals surface area contributed by atoms with Gasteiger partial charge < -0.3 is 9.84 Å². The van der Waals surface area contributed by atoms with E-state index in [9.17, 15) is 14.4 Å². The van der Waals surface area contributed by atoms with Crippen molar-refractivity contribution in [2.24, 2.45) is 5.41 Å². The summed E-state index contributed by atoms with van der Waals surface area (Å²) < 4.78 is 4.52. The van der Waals surface area contributed by atoms with E-state index in [0.29, 0.717) is 6.42 Å². The summed E-state index contributed by atoms with van der Waals surface area (Å²) in [5.41, 5.74) is -1.17. The summed E-state index contributed by atoms with van der Waals surface area (Å²) in [4.78, 5) is 32.8. The molecule has 0 spiro atoms. The molecule has 0 unspecified atom stereocenters. The van der Waals surface area contributed by atoms with Crippen LogP contribution in [0.25, 0.3) is 0 Å². The minimum absolute atomic E-state index is 0.162. The molecule has 1 N–H and O–H groups in total. The topological polar surface area (TPSA) is 80.7 Å². The van der Waals surface area contributed by atoms with Crippen molar-refractivity contribution >= 4 is 17.9 Å². The van der Waals surface area contributed by atoms with Crippen LogP contribution in [0.3, 0.4) is 0 Å². The summed E-state index contributed by atoms with van der Waals surface area (Å²) in [7, 11) is 0. The van der Waals surface area contributed by atoms with Crippen molar-refractivity contribution < 1.29 is 24.2 Å². The van der Waals surface area contributed by atoms with Gasteiger partial charge in [-0.3, -0.25) is 14.4 Å². The third-order valence-electron chi connectivity index (χ3n) is 1.81. The highest BCUT2D eigenvalue weighted by Crippen LogP contribution is 2.22. The fraction of sp³-hybridized carbons (Fsp3) is 0.700. The normalized spacial score (nSPS) is 10.9. The monoisotopic (exact) mass is 216 g/mol. The van der Waals surface area contributed by atoms with Gasteiger partial charge in [-0.25, -0.2) is 0 Å². The Kier molecular flexibility index (Phi) is 4.97. The van der Waals surface area contributed by atoms with Crippen molar-refractivity contribution in [3.05, 3.63) is 0 Å². The van der Waals surface area contributed by atoms with Gasteiger partial charge in [0, 0.05) is 6.42 Å². The highest BCUT2D eigenvalue weighted by Gasteiger charge is 2.33. The Hall–Kier alpha value is -1.39. The number of hydrogen-bond acceptors (Lipinski definition) is 4. The number of carboxylic acid groups (broad SMARTS) is 1. The lowest BCUT2D eigenvalue weighted by atomic mass is 9.90. The molecule has 0 aliphatic heterocycles. The maximum atomic E-state index is 11.4. The number of ether oxygens (including phenoxy) is 1. The number of aliphatic carboxylic acids is 1. The summed E-state index contributed by atoms with van der Waals surface area (Å²) >= 11 is 0. The zero-order chi connectivity index (χ0) is 12.1. The zero-order valence-corrected chi connectivity index (χ0v) is 9.20. The van der Waals surface area contributed by atoms with Crippen LogP contribution in [-0.4, -0.2) is 23.0 Å². The molecule has 0 bridgehead atoms. The van der Waals surface area contributed by atoms with Gasteiger partial charge in [0.15, 0.2) is 0 Å². The fourth-order valence-corrected chi connectivity index (χ4v) is 0.947. The van der Waals surface area contributed by atoms with Crippen molar-refractivity contribution in [3.8, 4) is 0 Å². The summed E-state index contributed by atoms with van der Waals surface area (Å²) in [6.45, 7) is 4.65. The highest BCUT2D eigenvalue weighted by molar-refractivity contribution is 5.90. The second-order valence-corrected chi connectivity index (χ2v) is 3.97. The minimum atomic E-state index is -1.17. The van der Waals surface area contributed by atoms with Crippen LogP contribution in [0.5, 0.6) is 0 Å². The van der Waals surface area contributed by atoms with E-state index >= 15 is 0 Å². The Morgan fingerprint density at radius 3 is 2.20 bits per heavy atom.